The molecule has 1 unspecified atom stereocenters. The van der Waals surface area contributed by atoms with Crippen molar-refractivity contribution in [1.29, 1.82) is 0 Å². The zero-order valence-corrected chi connectivity index (χ0v) is 11.4. The normalized spacial score (nSPS) is 12.5. The summed E-state index contributed by atoms with van der Waals surface area (Å²) in [5.41, 5.74) is 4.74. The summed E-state index contributed by atoms with van der Waals surface area (Å²) in [7, 11) is 0. The van der Waals surface area contributed by atoms with Gasteiger partial charge >= 0.3 is 0 Å². The van der Waals surface area contributed by atoms with Crippen LogP contribution in [-0.2, 0) is 11.2 Å². The van der Waals surface area contributed by atoms with Crippen molar-refractivity contribution in [3.8, 4) is 0 Å². The minimum Gasteiger partial charge on any atom is -0.342 e. The van der Waals surface area contributed by atoms with E-state index in [0.717, 1.165) is 12.0 Å². The Morgan fingerprint density at radius 3 is 2.33 bits per heavy atom. The molecule has 0 aliphatic rings. The highest BCUT2D eigenvalue weighted by molar-refractivity contribution is 5.83. The SMILES string of the molecule is CC(C)Cc1ccc(C(C)C(=O)NCNN)cc1. The molecule has 0 bridgehead atoms. The van der Waals surface area contributed by atoms with Gasteiger partial charge in [0.15, 0.2) is 0 Å². The van der Waals surface area contributed by atoms with E-state index < -0.39 is 0 Å². The number of hydrogen-bond acceptors (Lipinski definition) is 3. The van der Waals surface area contributed by atoms with Crippen molar-refractivity contribution in [2.45, 2.75) is 33.1 Å². The van der Waals surface area contributed by atoms with Crippen molar-refractivity contribution in [2.75, 3.05) is 6.67 Å². The number of hydrazine groups is 1. The number of carbonyl (C=O) groups excluding carboxylic acids is 1. The van der Waals surface area contributed by atoms with Gasteiger partial charge < -0.3 is 5.32 Å². The maximum absolute atomic E-state index is 11.8. The van der Waals surface area contributed by atoms with Gasteiger partial charge in [-0.2, -0.15) is 0 Å². The number of rotatable bonds is 6. The molecule has 0 aliphatic carbocycles. The molecule has 0 fully saturated rings. The molecule has 0 heterocycles. The van der Waals surface area contributed by atoms with Crippen LogP contribution in [-0.4, -0.2) is 12.6 Å². The monoisotopic (exact) mass is 249 g/mol. The molecule has 4 heteroatoms. The molecule has 1 rings (SSSR count). The quantitative estimate of drug-likeness (QED) is 0.407. The van der Waals surface area contributed by atoms with Gasteiger partial charge in [-0.15, -0.1) is 0 Å². The number of nitrogens with two attached hydrogens (primary N) is 1. The van der Waals surface area contributed by atoms with E-state index in [0.29, 0.717) is 5.92 Å². The summed E-state index contributed by atoms with van der Waals surface area (Å²) in [5, 5.41) is 2.70. The summed E-state index contributed by atoms with van der Waals surface area (Å²) in [5.74, 6) is 5.58. The van der Waals surface area contributed by atoms with Crippen LogP contribution in [0.3, 0.4) is 0 Å². The fourth-order valence-corrected chi connectivity index (χ4v) is 1.86. The first kappa shape index (κ1) is 14.7. The van der Waals surface area contributed by atoms with E-state index in [1.165, 1.54) is 5.56 Å². The van der Waals surface area contributed by atoms with Gasteiger partial charge in [-0.1, -0.05) is 38.1 Å². The summed E-state index contributed by atoms with van der Waals surface area (Å²) >= 11 is 0. The lowest BCUT2D eigenvalue weighted by Gasteiger charge is -2.13. The molecule has 100 valence electrons. The van der Waals surface area contributed by atoms with Crippen LogP contribution in [0.5, 0.6) is 0 Å². The molecule has 4 N–H and O–H groups in total. The van der Waals surface area contributed by atoms with E-state index in [1.807, 2.05) is 19.1 Å². The van der Waals surface area contributed by atoms with E-state index in [-0.39, 0.29) is 18.5 Å². The van der Waals surface area contributed by atoms with E-state index >= 15 is 0 Å². The predicted octanol–water partition coefficient (Wildman–Crippen LogP) is 1.53. The Labute approximate surface area is 109 Å². The van der Waals surface area contributed by atoms with Gasteiger partial charge in [-0.05, 0) is 30.4 Å². The zero-order chi connectivity index (χ0) is 13.5. The van der Waals surface area contributed by atoms with Crippen LogP contribution in [0.1, 0.15) is 37.8 Å². The van der Waals surface area contributed by atoms with Crippen LogP contribution in [0.2, 0.25) is 0 Å². The second-order valence-electron chi connectivity index (χ2n) is 4.98. The second kappa shape index (κ2) is 7.13. The number of benzene rings is 1. The maximum atomic E-state index is 11.8. The van der Waals surface area contributed by atoms with E-state index in [4.69, 9.17) is 5.84 Å². The fraction of sp³-hybridized carbons (Fsp3) is 0.500. The van der Waals surface area contributed by atoms with Crippen molar-refractivity contribution < 1.29 is 4.79 Å². The van der Waals surface area contributed by atoms with Gasteiger partial charge in [0.1, 0.15) is 0 Å². The van der Waals surface area contributed by atoms with Crippen LogP contribution in [0.25, 0.3) is 0 Å². The smallest absolute Gasteiger partial charge is 0.228 e. The van der Waals surface area contributed by atoms with Crippen LogP contribution < -0.4 is 16.6 Å². The van der Waals surface area contributed by atoms with Crippen LogP contribution >= 0.6 is 0 Å². The van der Waals surface area contributed by atoms with Crippen molar-refractivity contribution in [1.82, 2.24) is 10.7 Å². The van der Waals surface area contributed by atoms with Crippen LogP contribution in [0.15, 0.2) is 24.3 Å². The van der Waals surface area contributed by atoms with E-state index in [1.54, 1.807) is 0 Å². The fourth-order valence-electron chi connectivity index (χ4n) is 1.86. The average Bonchev–Trinajstić information content (AvgIpc) is 2.35. The first-order valence-corrected chi connectivity index (χ1v) is 6.34. The molecule has 0 spiro atoms. The second-order valence-corrected chi connectivity index (χ2v) is 4.98. The van der Waals surface area contributed by atoms with Crippen molar-refractivity contribution in [2.24, 2.45) is 11.8 Å². The highest BCUT2D eigenvalue weighted by Crippen LogP contribution is 2.17. The van der Waals surface area contributed by atoms with Gasteiger partial charge in [0.05, 0.1) is 12.6 Å². The number of carbonyl (C=O) groups is 1. The predicted molar refractivity (Wildman–Crippen MR) is 73.7 cm³/mol. The largest absolute Gasteiger partial charge is 0.342 e. The molecule has 0 saturated carbocycles. The summed E-state index contributed by atoms with van der Waals surface area (Å²) in [6.45, 7) is 6.57. The minimum atomic E-state index is -0.161. The van der Waals surface area contributed by atoms with Crippen molar-refractivity contribution in [3.05, 3.63) is 35.4 Å². The third-order valence-corrected chi connectivity index (χ3v) is 2.88. The minimum absolute atomic E-state index is 0.0236. The molecule has 0 aliphatic heterocycles. The Morgan fingerprint density at radius 1 is 1.22 bits per heavy atom. The summed E-state index contributed by atoms with van der Waals surface area (Å²) in [4.78, 5) is 11.8. The maximum Gasteiger partial charge on any atom is 0.228 e. The lowest BCUT2D eigenvalue weighted by molar-refractivity contribution is -0.122. The van der Waals surface area contributed by atoms with Gasteiger partial charge in [0.25, 0.3) is 0 Å². The Balaban J connectivity index is 2.63. The highest BCUT2D eigenvalue weighted by atomic mass is 16.1. The zero-order valence-electron chi connectivity index (χ0n) is 11.4. The molecule has 1 aromatic rings. The Bertz CT molecular complexity index is 373. The summed E-state index contributed by atoms with van der Waals surface area (Å²) in [6, 6.07) is 8.25. The molecular formula is C14H23N3O. The number of amides is 1. The molecule has 0 radical (unpaired) electrons. The van der Waals surface area contributed by atoms with Gasteiger partial charge in [-0.25, -0.2) is 5.43 Å². The molecule has 1 atom stereocenters. The standard InChI is InChI=1S/C14H23N3O/c1-10(2)8-12-4-6-13(7-5-12)11(3)14(18)16-9-17-15/h4-7,10-11,17H,8-9,15H2,1-3H3,(H,16,18). The van der Waals surface area contributed by atoms with Crippen LogP contribution in [0, 0.1) is 5.92 Å². The molecule has 1 aromatic carbocycles. The average molecular weight is 249 g/mol. The Hall–Kier alpha value is -1.39. The summed E-state index contributed by atoms with van der Waals surface area (Å²) < 4.78 is 0. The number of hydrogen-bond donors (Lipinski definition) is 3. The molecule has 0 aromatic heterocycles. The van der Waals surface area contributed by atoms with Crippen LogP contribution in [0.4, 0.5) is 0 Å². The topological polar surface area (TPSA) is 67.2 Å². The highest BCUT2D eigenvalue weighted by Gasteiger charge is 2.14. The molecule has 4 nitrogen and oxygen atoms in total. The van der Waals surface area contributed by atoms with Crippen molar-refractivity contribution in [3.63, 3.8) is 0 Å². The summed E-state index contributed by atoms with van der Waals surface area (Å²) in [6.07, 6.45) is 1.07. The third-order valence-electron chi connectivity index (χ3n) is 2.88. The van der Waals surface area contributed by atoms with E-state index in [2.05, 4.69) is 36.7 Å². The number of nitrogens with one attached hydrogen (secondary N) is 2. The van der Waals surface area contributed by atoms with Gasteiger partial charge in [0, 0.05) is 0 Å². The molecular weight excluding hydrogens is 226 g/mol. The lowest BCUT2D eigenvalue weighted by atomic mass is 9.96. The van der Waals surface area contributed by atoms with E-state index in [9.17, 15) is 4.79 Å². The lowest BCUT2D eigenvalue weighted by Crippen LogP contribution is -2.39. The Kier molecular flexibility index (Phi) is 5.82. The third kappa shape index (κ3) is 4.47. The Morgan fingerprint density at radius 2 is 1.83 bits per heavy atom. The molecule has 0 saturated heterocycles. The van der Waals surface area contributed by atoms with Crippen molar-refractivity contribution >= 4 is 5.91 Å². The first-order chi connectivity index (χ1) is 8.54. The molecule has 18 heavy (non-hydrogen) atoms. The van der Waals surface area contributed by atoms with Gasteiger partial charge in [0.2, 0.25) is 5.91 Å². The molecule has 1 amide bonds. The van der Waals surface area contributed by atoms with Gasteiger partial charge in [-0.3, -0.25) is 10.6 Å². The first-order valence-electron chi connectivity index (χ1n) is 6.34.